The monoisotopic (exact) mass is 754 g/mol. The molecule has 0 unspecified atom stereocenters. The number of fused-ring (bicyclic) bond motifs is 14. The molecule has 3 aliphatic rings. The third kappa shape index (κ3) is 3.71. The topological polar surface area (TPSA) is 37.7 Å². The molecule has 57 heavy (non-hydrogen) atoms. The Bertz CT molecular complexity index is 5140. The molecule has 6 heteroatoms. The Morgan fingerprint density at radius 3 is 2.12 bits per heavy atom. The summed E-state index contributed by atoms with van der Waals surface area (Å²) in [5, 5.41) is -2.05. The highest BCUT2D eigenvalue weighted by Crippen LogP contribution is 2.53. The number of benzene rings is 8. The number of hydrogen-bond donors (Lipinski definition) is 0. The fraction of sp³-hybridized carbons (Fsp3) is 0.0196. The predicted molar refractivity (Wildman–Crippen MR) is 236 cm³/mol. The summed E-state index contributed by atoms with van der Waals surface area (Å²) in [6.45, 7) is -0.500. The third-order valence-electron chi connectivity index (χ3n) is 10.7. The second kappa shape index (κ2) is 10.4. The molecule has 3 aromatic heterocycles. The maximum atomic E-state index is 10.2. The number of hydrogen-bond acceptors (Lipinski definition) is 4. The van der Waals surface area contributed by atoms with Crippen LogP contribution in [0.15, 0.2) is 172 Å². The normalized spacial score (nSPS) is 20.2. The molecule has 14 rings (SSSR count). The average molecular weight is 755 g/mol. The number of rotatable bonds is 2. The summed E-state index contributed by atoms with van der Waals surface area (Å²) in [6.07, 6.45) is 0. The van der Waals surface area contributed by atoms with Crippen LogP contribution in [-0.2, 0) is 0 Å². The molecule has 0 saturated heterocycles. The van der Waals surface area contributed by atoms with Crippen LogP contribution in [0.2, 0.25) is 0 Å². The van der Waals surface area contributed by atoms with Gasteiger partial charge in [0.15, 0.2) is 0 Å². The van der Waals surface area contributed by atoms with Crippen molar-refractivity contribution in [2.24, 2.45) is 0 Å². The summed E-state index contributed by atoms with van der Waals surface area (Å²) in [7, 11) is 0. The molecule has 8 aromatic carbocycles. The Morgan fingerprint density at radius 2 is 1.21 bits per heavy atom. The van der Waals surface area contributed by atoms with Crippen LogP contribution >= 0.6 is 0 Å². The second-order valence-corrected chi connectivity index (χ2v) is 13.6. The van der Waals surface area contributed by atoms with E-state index >= 15 is 0 Å². The van der Waals surface area contributed by atoms with Gasteiger partial charge in [0.1, 0.15) is 16.7 Å². The van der Waals surface area contributed by atoms with Crippen LogP contribution in [0.25, 0.3) is 71.5 Å². The molecule has 0 atom stereocenters. The molecule has 0 spiro atoms. The third-order valence-corrected chi connectivity index (χ3v) is 10.7. The lowest BCUT2D eigenvalue weighted by atomic mass is 9.35. The van der Waals surface area contributed by atoms with E-state index in [9.17, 15) is 21.9 Å². The van der Waals surface area contributed by atoms with Crippen LogP contribution in [0, 0.1) is 6.92 Å². The zero-order chi connectivity index (χ0) is 60.6. The Hall–Kier alpha value is -7.44. The molecule has 0 amide bonds. The minimum absolute atomic E-state index is 0.228. The van der Waals surface area contributed by atoms with Crippen molar-refractivity contribution in [3.8, 4) is 16.8 Å². The first-order valence-electron chi connectivity index (χ1n) is 30.9. The molecule has 0 aliphatic carbocycles. The number of nitrogens with zero attached hydrogens (tertiary/aromatic N) is 3. The first-order valence-corrected chi connectivity index (χ1v) is 17.4. The summed E-state index contributed by atoms with van der Waals surface area (Å²) in [5.41, 5.74) is -8.24. The molecule has 6 heterocycles. The molecular formula is C51H30BN3O2. The van der Waals surface area contributed by atoms with Gasteiger partial charge in [-0.3, -0.25) is 0 Å². The summed E-state index contributed by atoms with van der Waals surface area (Å²) in [5.74, 6) is 0. The van der Waals surface area contributed by atoms with E-state index in [1.807, 2.05) is 0 Å². The highest BCUT2D eigenvalue weighted by molar-refractivity contribution is 7.00. The highest BCUT2D eigenvalue weighted by atomic mass is 16.3. The summed E-state index contributed by atoms with van der Waals surface area (Å²) in [4.78, 5) is 2.19. The van der Waals surface area contributed by atoms with Crippen LogP contribution in [0.4, 0.5) is 34.1 Å². The molecular weight excluding hydrogens is 697 g/mol. The fourth-order valence-corrected chi connectivity index (χ4v) is 8.52. The van der Waals surface area contributed by atoms with Crippen LogP contribution in [0.1, 0.15) is 42.6 Å². The molecule has 0 fully saturated rings. The van der Waals surface area contributed by atoms with Crippen molar-refractivity contribution in [2.45, 2.75) is 6.92 Å². The molecule has 11 aromatic rings. The molecule has 3 aliphatic heterocycles. The number of anilines is 6. The Kier molecular flexibility index (Phi) is 2.67. The number of aromatic nitrogens is 1. The minimum Gasteiger partial charge on any atom is -0.468 e. The minimum atomic E-state index is -1.82. The van der Waals surface area contributed by atoms with Crippen LogP contribution in [-0.4, -0.2) is 11.3 Å². The lowest BCUT2D eigenvalue weighted by Gasteiger charge is -2.44. The quantitative estimate of drug-likeness (QED) is 0.165. The molecule has 0 N–H and O–H groups in total. The highest BCUT2D eigenvalue weighted by Gasteiger charge is 2.48. The van der Waals surface area contributed by atoms with Crippen molar-refractivity contribution in [3.05, 3.63) is 169 Å². The van der Waals surface area contributed by atoms with Crippen molar-refractivity contribution in [1.82, 2.24) is 4.57 Å². The van der Waals surface area contributed by atoms with Crippen LogP contribution in [0.3, 0.4) is 0 Å². The van der Waals surface area contributed by atoms with Crippen molar-refractivity contribution in [3.63, 3.8) is 0 Å². The van der Waals surface area contributed by atoms with E-state index in [4.69, 9.17) is 23.9 Å². The largest absolute Gasteiger partial charge is 0.468 e. The van der Waals surface area contributed by atoms with E-state index in [2.05, 4.69) is 0 Å². The van der Waals surface area contributed by atoms with Gasteiger partial charge in [0.25, 0.3) is 6.71 Å². The Morgan fingerprint density at radius 1 is 0.491 bits per heavy atom. The molecule has 0 radical (unpaired) electrons. The smallest absolute Gasteiger partial charge is 0.297 e. The zero-order valence-corrected chi connectivity index (χ0v) is 28.7. The Labute approximate surface area is 365 Å². The number of para-hydroxylation sites is 4. The van der Waals surface area contributed by atoms with Crippen molar-refractivity contribution in [1.29, 1.82) is 0 Å². The van der Waals surface area contributed by atoms with Gasteiger partial charge < -0.3 is 23.2 Å². The predicted octanol–water partition coefficient (Wildman–Crippen LogP) is 11.8. The molecule has 0 saturated carbocycles. The van der Waals surface area contributed by atoms with E-state index in [1.165, 1.54) is 11.8 Å². The number of furan rings is 2. The van der Waals surface area contributed by atoms with Gasteiger partial charge in [-0.1, -0.05) is 96.7 Å². The molecule has 5 nitrogen and oxygen atoms in total. The Balaban J connectivity index is 1.26. The van der Waals surface area contributed by atoms with Gasteiger partial charge >= 0.3 is 0 Å². The summed E-state index contributed by atoms with van der Waals surface area (Å²) < 4.78 is 264. The van der Waals surface area contributed by atoms with E-state index in [0.29, 0.717) is 0 Å². The van der Waals surface area contributed by atoms with Crippen molar-refractivity contribution >= 4 is 112 Å². The van der Waals surface area contributed by atoms with Crippen molar-refractivity contribution in [2.75, 3.05) is 9.80 Å². The lowest BCUT2D eigenvalue weighted by Crippen LogP contribution is -2.61. The second-order valence-electron chi connectivity index (χ2n) is 13.6. The zero-order valence-electron chi connectivity index (χ0n) is 55.7. The van der Waals surface area contributed by atoms with E-state index in [1.54, 1.807) is 0 Å². The fourth-order valence-electron chi connectivity index (χ4n) is 8.52. The molecule has 0 bridgehead atoms. The first-order chi connectivity index (χ1) is 39.5. The summed E-state index contributed by atoms with van der Waals surface area (Å²) in [6, 6.07) is -21.1. The van der Waals surface area contributed by atoms with Gasteiger partial charge in [-0.15, -0.1) is 0 Å². The van der Waals surface area contributed by atoms with Crippen LogP contribution in [0.5, 0.6) is 0 Å². The maximum absolute atomic E-state index is 10.2. The van der Waals surface area contributed by atoms with Crippen molar-refractivity contribution < 1.29 is 45.8 Å². The lowest BCUT2D eigenvalue weighted by molar-refractivity contribution is 0.651. The van der Waals surface area contributed by atoms with E-state index in [0.717, 1.165) is 9.47 Å². The molecule has 264 valence electrons. The van der Waals surface area contributed by atoms with Gasteiger partial charge in [-0.2, -0.15) is 0 Å². The van der Waals surface area contributed by atoms with Gasteiger partial charge in [0.2, 0.25) is 0 Å². The first kappa shape index (κ1) is 14.6. The standard InChI is InChI=1S/C51H30BN3O2/c1-29-25-42-47-43(26-29)55-40-18-9-15-35-33-13-5-7-17-39(33)54(48(35)40)41-19-10-16-38(50(41)55)52(47)51-49(37-27-31(21-23-46(37)57-51)30-11-3-2-4-12-30)53(42)32-22-24-45-36(28-32)34-14-6-8-20-44(34)56-45/h2-28H,1H3/i2D,3D,4D,5D,6D,7D,8D,9D,10D,11D,12D,13D,14D,15D,16D,17D,18D,19D,20D,21D,22D,23D,24D,25D,26D,27D,28D. The van der Waals surface area contributed by atoms with Gasteiger partial charge in [0, 0.05) is 44.0 Å². The van der Waals surface area contributed by atoms with Crippen LogP contribution < -0.4 is 26.4 Å². The maximum Gasteiger partial charge on any atom is 0.297 e. The SMILES string of the molecule is [2H]c1c([2H])c([2H])c(-c2c([2H])c([2H])c3oc4c(c3c2[2H])N(c2c([2H])c([2H])c3oc5c([2H])c([2H])c([2H])c([2H])c5c3c2[2H])c2c([2H])c(C)c([2H])c3c2B4c2c([2H])c([2H])c([2H])c4c2N3c2c([2H])c([2H])c([2H])c3c5c([2H])c([2H])c([2H])c([2H])c5n-4c23)c([2H])c1[2H]. The van der Waals surface area contributed by atoms with Gasteiger partial charge in [-0.25, -0.2) is 0 Å². The van der Waals surface area contributed by atoms with Gasteiger partial charge in [-0.05, 0) is 101 Å². The average Bonchev–Trinajstić information content (AvgIpc) is 1.25. The summed E-state index contributed by atoms with van der Waals surface area (Å²) >= 11 is 0. The van der Waals surface area contributed by atoms with E-state index < -0.39 is 237 Å². The van der Waals surface area contributed by atoms with E-state index in [-0.39, 0.29) is 61.0 Å². The van der Waals surface area contributed by atoms with Gasteiger partial charge in [0.05, 0.1) is 76.5 Å².